The maximum atomic E-state index is 13.7. The van der Waals surface area contributed by atoms with Gasteiger partial charge in [-0.3, -0.25) is 0 Å². The minimum atomic E-state index is -0.784. The molecule has 2 amide bonds. The molecule has 0 saturated heterocycles. The zero-order valence-corrected chi connectivity index (χ0v) is 11.7. The molecule has 0 aliphatic heterocycles. The van der Waals surface area contributed by atoms with Crippen molar-refractivity contribution in [3.8, 4) is 5.75 Å². The number of carbonyl (C=O) groups excluding carboxylic acids is 1. The molecule has 116 valence electrons. The van der Waals surface area contributed by atoms with Gasteiger partial charge in [-0.2, -0.15) is 0 Å². The number of aliphatic hydroxyl groups is 1. The van der Waals surface area contributed by atoms with Gasteiger partial charge < -0.3 is 20.5 Å². The lowest BCUT2D eigenvalue weighted by Crippen LogP contribution is -2.40. The van der Waals surface area contributed by atoms with Crippen LogP contribution in [0, 0.1) is 17.6 Å². The van der Waals surface area contributed by atoms with E-state index in [9.17, 15) is 13.6 Å². The summed E-state index contributed by atoms with van der Waals surface area (Å²) in [4.78, 5) is 11.8. The van der Waals surface area contributed by atoms with Crippen LogP contribution in [-0.2, 0) is 0 Å². The van der Waals surface area contributed by atoms with E-state index < -0.39 is 17.7 Å². The van der Waals surface area contributed by atoms with Gasteiger partial charge in [0, 0.05) is 24.8 Å². The smallest absolute Gasteiger partial charge is 0.319 e. The van der Waals surface area contributed by atoms with Gasteiger partial charge >= 0.3 is 6.03 Å². The van der Waals surface area contributed by atoms with Crippen molar-refractivity contribution in [1.29, 1.82) is 0 Å². The fraction of sp³-hybridized carbons (Fsp3) is 0.500. The fourth-order valence-corrected chi connectivity index (χ4v) is 2.17. The Hall–Kier alpha value is -1.89. The Morgan fingerprint density at radius 3 is 2.71 bits per heavy atom. The van der Waals surface area contributed by atoms with E-state index in [1.165, 1.54) is 7.11 Å². The van der Waals surface area contributed by atoms with Crippen LogP contribution in [0.1, 0.15) is 19.3 Å². The molecule has 0 heterocycles. The Bertz CT molecular complexity index is 521. The van der Waals surface area contributed by atoms with Gasteiger partial charge in [-0.1, -0.05) is 0 Å². The molecule has 0 unspecified atom stereocenters. The summed E-state index contributed by atoms with van der Waals surface area (Å²) < 4.78 is 31.9. The van der Waals surface area contributed by atoms with Crippen molar-refractivity contribution in [2.45, 2.75) is 25.3 Å². The molecular weight excluding hydrogens is 282 g/mol. The molecule has 7 heteroatoms. The van der Waals surface area contributed by atoms with E-state index in [4.69, 9.17) is 5.11 Å². The number of hydrogen-bond donors (Lipinski definition) is 3. The third kappa shape index (κ3) is 4.04. The molecule has 1 aliphatic carbocycles. The lowest BCUT2D eigenvalue weighted by molar-refractivity contribution is 0.234. The number of urea groups is 1. The Balaban J connectivity index is 2.00. The largest absolute Gasteiger partial charge is 0.494 e. The number of carbonyl (C=O) groups is 1. The van der Waals surface area contributed by atoms with E-state index in [1.807, 2.05) is 0 Å². The van der Waals surface area contributed by atoms with E-state index in [0.29, 0.717) is 12.3 Å². The zero-order valence-electron chi connectivity index (χ0n) is 11.7. The van der Waals surface area contributed by atoms with E-state index in [0.717, 1.165) is 25.0 Å². The number of methoxy groups -OCH3 is 1. The van der Waals surface area contributed by atoms with Gasteiger partial charge in [0.05, 0.1) is 12.8 Å². The average molecular weight is 300 g/mol. The predicted molar refractivity (Wildman–Crippen MR) is 73.3 cm³/mol. The monoisotopic (exact) mass is 300 g/mol. The molecule has 0 bridgehead atoms. The summed E-state index contributed by atoms with van der Waals surface area (Å²) in [6.45, 7) is -0.0348. The number of benzene rings is 1. The molecule has 0 aromatic heterocycles. The van der Waals surface area contributed by atoms with E-state index in [1.54, 1.807) is 0 Å². The first-order valence-electron chi connectivity index (χ1n) is 6.76. The summed E-state index contributed by atoms with van der Waals surface area (Å²) in [5.41, 5.74) is -0.260. The van der Waals surface area contributed by atoms with Gasteiger partial charge in [-0.15, -0.1) is 0 Å². The van der Waals surface area contributed by atoms with Gasteiger partial charge in [0.25, 0.3) is 0 Å². The molecule has 1 aliphatic rings. The zero-order chi connectivity index (χ0) is 15.4. The second-order valence-corrected chi connectivity index (χ2v) is 5.02. The van der Waals surface area contributed by atoms with Gasteiger partial charge in [-0.05, 0) is 25.2 Å². The van der Waals surface area contributed by atoms with Crippen LogP contribution >= 0.6 is 0 Å². The normalized spacial score (nSPS) is 15.4. The molecular formula is C14H18F2N2O3. The van der Waals surface area contributed by atoms with E-state index in [-0.39, 0.29) is 24.1 Å². The SMILES string of the molecule is COc1cc(F)c(NC(=O)N[C@H](CCO)C2CC2)cc1F. The number of anilines is 1. The van der Waals surface area contributed by atoms with Crippen LogP contribution in [0.5, 0.6) is 5.75 Å². The summed E-state index contributed by atoms with van der Waals surface area (Å²) in [6, 6.07) is 0.966. The topological polar surface area (TPSA) is 70.6 Å². The van der Waals surface area contributed by atoms with Gasteiger partial charge in [0.1, 0.15) is 0 Å². The van der Waals surface area contributed by atoms with Crippen LogP contribution < -0.4 is 15.4 Å². The molecule has 1 aromatic carbocycles. The molecule has 3 N–H and O–H groups in total. The number of ether oxygens (including phenoxy) is 1. The molecule has 1 saturated carbocycles. The summed E-state index contributed by atoms with van der Waals surface area (Å²) in [5, 5.41) is 13.9. The second-order valence-electron chi connectivity index (χ2n) is 5.02. The summed E-state index contributed by atoms with van der Waals surface area (Å²) >= 11 is 0. The molecule has 5 nitrogen and oxygen atoms in total. The maximum absolute atomic E-state index is 13.7. The summed E-state index contributed by atoms with van der Waals surface area (Å²) in [7, 11) is 1.23. The fourth-order valence-electron chi connectivity index (χ4n) is 2.17. The first-order valence-corrected chi connectivity index (χ1v) is 6.76. The maximum Gasteiger partial charge on any atom is 0.319 e. The van der Waals surface area contributed by atoms with Crippen molar-refractivity contribution in [2.24, 2.45) is 5.92 Å². The van der Waals surface area contributed by atoms with E-state index >= 15 is 0 Å². The number of rotatable bonds is 6. The average Bonchev–Trinajstić information content (AvgIpc) is 3.26. The van der Waals surface area contributed by atoms with Crippen molar-refractivity contribution in [2.75, 3.05) is 19.0 Å². The van der Waals surface area contributed by atoms with Crippen LogP contribution in [0.4, 0.5) is 19.3 Å². The Morgan fingerprint density at radius 1 is 1.43 bits per heavy atom. The standard InChI is InChI=1S/C14H18F2N2O3/c1-21-13-7-9(15)12(6-10(13)16)18-14(20)17-11(4-5-19)8-2-3-8/h6-8,11,19H,2-5H2,1H3,(H2,17,18,20)/t11-/m1/s1. The summed E-state index contributed by atoms with van der Waals surface area (Å²) in [5.74, 6) is -1.42. The second kappa shape index (κ2) is 6.71. The van der Waals surface area contributed by atoms with Crippen LogP contribution in [0.2, 0.25) is 0 Å². The third-order valence-electron chi connectivity index (χ3n) is 3.44. The van der Waals surface area contributed by atoms with Crippen LogP contribution in [0.3, 0.4) is 0 Å². The first kappa shape index (κ1) is 15.5. The predicted octanol–water partition coefficient (Wildman–Crippen LogP) is 2.26. The van der Waals surface area contributed by atoms with Crippen molar-refractivity contribution >= 4 is 11.7 Å². The van der Waals surface area contributed by atoms with E-state index in [2.05, 4.69) is 15.4 Å². The molecule has 1 fully saturated rings. The molecule has 0 radical (unpaired) electrons. The Kier molecular flexibility index (Phi) is 4.95. The van der Waals surface area contributed by atoms with Crippen LogP contribution in [0.25, 0.3) is 0 Å². The van der Waals surface area contributed by atoms with Crippen molar-refractivity contribution in [1.82, 2.24) is 5.32 Å². The van der Waals surface area contributed by atoms with Crippen LogP contribution in [0.15, 0.2) is 12.1 Å². The van der Waals surface area contributed by atoms with Crippen molar-refractivity contribution in [3.63, 3.8) is 0 Å². The van der Waals surface area contributed by atoms with Crippen LogP contribution in [-0.4, -0.2) is 30.9 Å². The number of halogens is 2. The highest BCUT2D eigenvalue weighted by molar-refractivity contribution is 5.89. The number of nitrogens with one attached hydrogen (secondary N) is 2. The Morgan fingerprint density at radius 2 is 2.14 bits per heavy atom. The molecule has 2 rings (SSSR count). The number of hydrogen-bond acceptors (Lipinski definition) is 3. The van der Waals surface area contributed by atoms with Gasteiger partial charge in [0.2, 0.25) is 0 Å². The number of aliphatic hydroxyl groups excluding tert-OH is 1. The molecule has 0 spiro atoms. The highest BCUT2D eigenvalue weighted by Crippen LogP contribution is 2.34. The van der Waals surface area contributed by atoms with Gasteiger partial charge in [0.15, 0.2) is 17.4 Å². The lowest BCUT2D eigenvalue weighted by atomic mass is 10.1. The third-order valence-corrected chi connectivity index (χ3v) is 3.44. The van der Waals surface area contributed by atoms with Crippen molar-refractivity contribution < 1.29 is 23.4 Å². The first-order chi connectivity index (χ1) is 10.0. The highest BCUT2D eigenvalue weighted by atomic mass is 19.1. The van der Waals surface area contributed by atoms with Gasteiger partial charge in [-0.25, -0.2) is 13.6 Å². The highest BCUT2D eigenvalue weighted by Gasteiger charge is 2.31. The Labute approximate surface area is 121 Å². The lowest BCUT2D eigenvalue weighted by Gasteiger charge is -2.18. The molecule has 1 atom stereocenters. The molecule has 21 heavy (non-hydrogen) atoms. The summed E-state index contributed by atoms with van der Waals surface area (Å²) in [6.07, 6.45) is 2.44. The van der Waals surface area contributed by atoms with Crippen molar-refractivity contribution in [3.05, 3.63) is 23.8 Å². The quantitative estimate of drug-likeness (QED) is 0.754. The number of amides is 2. The molecule has 1 aromatic rings. The minimum absolute atomic E-state index is 0.0348. The minimum Gasteiger partial charge on any atom is -0.494 e.